The Balaban J connectivity index is 2.52. The van der Waals surface area contributed by atoms with Crippen molar-refractivity contribution in [2.45, 2.75) is 34.2 Å². The molecule has 2 aromatic heterocycles. The fraction of sp³-hybridized carbons (Fsp3) is 0.538. The molecule has 5 heteroatoms. The third kappa shape index (κ3) is 2.06. The molecule has 2 rings (SSSR count). The molecular formula is C13H21N5. The maximum atomic E-state index is 4.52. The first-order chi connectivity index (χ1) is 8.56. The molecule has 0 aliphatic heterocycles. The summed E-state index contributed by atoms with van der Waals surface area (Å²) in [4.78, 5) is 4.37. The van der Waals surface area contributed by atoms with Gasteiger partial charge in [0.25, 0.3) is 0 Å². The normalized spacial score (nSPS) is 11.2. The van der Waals surface area contributed by atoms with E-state index in [4.69, 9.17) is 0 Å². The lowest BCUT2D eigenvalue weighted by Gasteiger charge is -2.10. The van der Waals surface area contributed by atoms with Crippen LogP contribution in [0, 0.1) is 20.8 Å². The second-order valence-corrected chi connectivity index (χ2v) is 4.58. The van der Waals surface area contributed by atoms with Crippen LogP contribution in [0.3, 0.4) is 0 Å². The smallest absolute Gasteiger partial charge is 0.140 e. The molecule has 18 heavy (non-hydrogen) atoms. The molecule has 0 aromatic carbocycles. The van der Waals surface area contributed by atoms with E-state index in [1.807, 2.05) is 25.0 Å². The summed E-state index contributed by atoms with van der Waals surface area (Å²) in [6.45, 7) is 10.1. The highest BCUT2D eigenvalue weighted by molar-refractivity contribution is 5.40. The third-order valence-corrected chi connectivity index (χ3v) is 3.34. The second kappa shape index (κ2) is 4.94. The quantitative estimate of drug-likeness (QED) is 0.893. The van der Waals surface area contributed by atoms with E-state index in [-0.39, 0.29) is 0 Å². The van der Waals surface area contributed by atoms with Crippen molar-refractivity contribution in [3.05, 3.63) is 29.0 Å². The van der Waals surface area contributed by atoms with Crippen molar-refractivity contribution < 1.29 is 0 Å². The minimum Gasteiger partial charge on any atom is -0.313 e. The number of nitrogens with zero attached hydrogens (tertiary/aromatic N) is 4. The maximum absolute atomic E-state index is 4.52. The van der Waals surface area contributed by atoms with Gasteiger partial charge in [-0.2, -0.15) is 5.10 Å². The summed E-state index contributed by atoms with van der Waals surface area (Å²) in [6.07, 6.45) is 1.87. The molecule has 0 saturated heterocycles. The molecule has 98 valence electrons. The summed E-state index contributed by atoms with van der Waals surface area (Å²) >= 11 is 0. The number of imidazole rings is 1. The number of rotatable bonds is 4. The average Bonchev–Trinajstić information content (AvgIpc) is 2.78. The third-order valence-electron chi connectivity index (χ3n) is 3.34. The molecular weight excluding hydrogens is 226 g/mol. The molecule has 5 nitrogen and oxygen atoms in total. The van der Waals surface area contributed by atoms with Gasteiger partial charge in [0.05, 0.1) is 11.4 Å². The molecule has 0 unspecified atom stereocenters. The van der Waals surface area contributed by atoms with Gasteiger partial charge in [-0.1, -0.05) is 6.92 Å². The first-order valence-electron chi connectivity index (χ1n) is 6.30. The fourth-order valence-electron chi connectivity index (χ4n) is 2.16. The molecule has 0 radical (unpaired) electrons. The van der Waals surface area contributed by atoms with Crippen LogP contribution >= 0.6 is 0 Å². The zero-order valence-electron chi connectivity index (χ0n) is 11.8. The highest BCUT2D eigenvalue weighted by Gasteiger charge is 2.16. The molecule has 2 heterocycles. The van der Waals surface area contributed by atoms with Gasteiger partial charge in [0.2, 0.25) is 0 Å². The molecule has 0 aliphatic rings. The summed E-state index contributed by atoms with van der Waals surface area (Å²) in [5, 5.41) is 7.89. The van der Waals surface area contributed by atoms with E-state index in [2.05, 4.69) is 40.7 Å². The second-order valence-electron chi connectivity index (χ2n) is 4.58. The largest absolute Gasteiger partial charge is 0.313 e. The van der Waals surface area contributed by atoms with Crippen LogP contribution < -0.4 is 5.32 Å². The summed E-state index contributed by atoms with van der Waals surface area (Å²) in [5.41, 5.74) is 4.53. The van der Waals surface area contributed by atoms with Crippen molar-refractivity contribution in [3.8, 4) is 5.82 Å². The van der Waals surface area contributed by atoms with E-state index in [0.29, 0.717) is 0 Å². The number of aromatic nitrogens is 4. The molecule has 0 saturated carbocycles. The molecule has 0 aliphatic carbocycles. The minimum atomic E-state index is 0.835. The Hall–Kier alpha value is -1.62. The number of aryl methyl sites for hydroxylation is 3. The Morgan fingerprint density at radius 3 is 2.50 bits per heavy atom. The molecule has 2 aromatic rings. The average molecular weight is 247 g/mol. The standard InChI is InChI=1S/C13H21N5/c1-6-14-7-12-10(3)16-17(5)13(12)18-8-15-9(2)11(18)4/h8,14H,6-7H2,1-5H3. The van der Waals surface area contributed by atoms with Crippen molar-refractivity contribution in [3.63, 3.8) is 0 Å². The first-order valence-corrected chi connectivity index (χ1v) is 6.30. The van der Waals surface area contributed by atoms with E-state index in [1.165, 1.54) is 5.56 Å². The molecule has 0 bridgehead atoms. The van der Waals surface area contributed by atoms with Crippen LogP contribution in [0.25, 0.3) is 5.82 Å². The van der Waals surface area contributed by atoms with Crippen molar-refractivity contribution in [2.75, 3.05) is 6.54 Å². The van der Waals surface area contributed by atoms with E-state index < -0.39 is 0 Å². The van der Waals surface area contributed by atoms with Gasteiger partial charge in [-0.25, -0.2) is 4.98 Å². The SMILES string of the molecule is CCNCc1c(C)nn(C)c1-n1cnc(C)c1C. The van der Waals surface area contributed by atoms with Crippen molar-refractivity contribution in [1.82, 2.24) is 24.6 Å². The lowest BCUT2D eigenvalue weighted by Crippen LogP contribution is -2.15. The van der Waals surface area contributed by atoms with Crippen LogP contribution in [0.5, 0.6) is 0 Å². The first kappa shape index (κ1) is 12.8. The van der Waals surface area contributed by atoms with E-state index in [9.17, 15) is 0 Å². The van der Waals surface area contributed by atoms with Gasteiger partial charge in [-0.05, 0) is 27.3 Å². The monoisotopic (exact) mass is 247 g/mol. The fourth-order valence-corrected chi connectivity index (χ4v) is 2.16. The zero-order valence-corrected chi connectivity index (χ0v) is 11.8. The lowest BCUT2D eigenvalue weighted by molar-refractivity contribution is 0.700. The zero-order chi connectivity index (χ0) is 13.3. The van der Waals surface area contributed by atoms with Gasteiger partial charge < -0.3 is 5.32 Å². The van der Waals surface area contributed by atoms with Crippen LogP contribution in [0.15, 0.2) is 6.33 Å². The van der Waals surface area contributed by atoms with Crippen LogP contribution in [-0.4, -0.2) is 25.9 Å². The topological polar surface area (TPSA) is 47.7 Å². The van der Waals surface area contributed by atoms with E-state index in [0.717, 1.165) is 36.0 Å². The van der Waals surface area contributed by atoms with Crippen LogP contribution in [-0.2, 0) is 13.6 Å². The summed E-state index contributed by atoms with van der Waals surface area (Å²) < 4.78 is 4.04. The Labute approximate surface area is 108 Å². The summed E-state index contributed by atoms with van der Waals surface area (Å²) in [5.74, 6) is 1.10. The van der Waals surface area contributed by atoms with Gasteiger partial charge in [-0.3, -0.25) is 9.25 Å². The number of hydrogen-bond donors (Lipinski definition) is 1. The van der Waals surface area contributed by atoms with Crippen molar-refractivity contribution in [2.24, 2.45) is 7.05 Å². The van der Waals surface area contributed by atoms with Gasteiger partial charge in [0.15, 0.2) is 0 Å². The summed E-state index contributed by atoms with van der Waals surface area (Å²) in [6, 6.07) is 0. The number of hydrogen-bond acceptors (Lipinski definition) is 3. The van der Waals surface area contributed by atoms with E-state index >= 15 is 0 Å². The highest BCUT2D eigenvalue weighted by atomic mass is 15.3. The Kier molecular flexibility index (Phi) is 3.52. The van der Waals surface area contributed by atoms with Crippen molar-refractivity contribution in [1.29, 1.82) is 0 Å². The van der Waals surface area contributed by atoms with Gasteiger partial charge >= 0.3 is 0 Å². The van der Waals surface area contributed by atoms with E-state index in [1.54, 1.807) is 0 Å². The molecule has 0 amide bonds. The Bertz CT molecular complexity index is 550. The molecule has 1 N–H and O–H groups in total. The van der Waals surface area contributed by atoms with Gasteiger partial charge in [-0.15, -0.1) is 0 Å². The molecule has 0 fully saturated rings. The van der Waals surface area contributed by atoms with Crippen LogP contribution in [0.2, 0.25) is 0 Å². The molecule has 0 spiro atoms. The predicted molar refractivity (Wildman–Crippen MR) is 71.9 cm³/mol. The predicted octanol–water partition coefficient (Wildman–Crippen LogP) is 1.64. The van der Waals surface area contributed by atoms with Crippen molar-refractivity contribution >= 4 is 0 Å². The minimum absolute atomic E-state index is 0.835. The Morgan fingerprint density at radius 1 is 1.22 bits per heavy atom. The van der Waals surface area contributed by atoms with Gasteiger partial charge in [0, 0.05) is 24.8 Å². The van der Waals surface area contributed by atoms with Gasteiger partial charge in [0.1, 0.15) is 12.1 Å². The number of nitrogens with one attached hydrogen (secondary N) is 1. The highest BCUT2D eigenvalue weighted by Crippen LogP contribution is 2.20. The van der Waals surface area contributed by atoms with Crippen LogP contribution in [0.1, 0.15) is 29.6 Å². The lowest BCUT2D eigenvalue weighted by atomic mass is 10.2. The van der Waals surface area contributed by atoms with Crippen LogP contribution in [0.4, 0.5) is 0 Å². The Morgan fingerprint density at radius 2 is 1.94 bits per heavy atom. The maximum Gasteiger partial charge on any atom is 0.140 e. The molecule has 0 atom stereocenters. The summed E-state index contributed by atoms with van der Waals surface area (Å²) in [7, 11) is 1.98.